The second kappa shape index (κ2) is 10.6. The van der Waals surface area contributed by atoms with Crippen LogP contribution in [-0.4, -0.2) is 24.8 Å². The van der Waals surface area contributed by atoms with Crippen molar-refractivity contribution < 1.29 is 19.0 Å². The summed E-state index contributed by atoms with van der Waals surface area (Å²) in [6.07, 6.45) is 1.78. The first-order valence-electron chi connectivity index (χ1n) is 11.5. The van der Waals surface area contributed by atoms with Gasteiger partial charge in [-0.05, 0) is 42.1 Å². The number of carbonyl (C=O) groups is 1. The Bertz CT molecular complexity index is 1650. The number of fused-ring (bicyclic) bond motifs is 1. The Morgan fingerprint density at radius 1 is 1.08 bits per heavy atom. The first kappa shape index (κ1) is 24.7. The van der Waals surface area contributed by atoms with Crippen molar-refractivity contribution in [2.45, 2.75) is 19.6 Å². The number of esters is 1. The molecule has 1 aliphatic heterocycles. The molecule has 7 nitrogen and oxygen atoms in total. The number of hydrogen-bond donors (Lipinski definition) is 0. The van der Waals surface area contributed by atoms with Crippen LogP contribution in [0.3, 0.4) is 0 Å². The van der Waals surface area contributed by atoms with Crippen LogP contribution in [0.5, 0.6) is 11.5 Å². The van der Waals surface area contributed by atoms with E-state index in [0.29, 0.717) is 32.1 Å². The van der Waals surface area contributed by atoms with Gasteiger partial charge in [-0.25, -0.2) is 9.79 Å². The molecule has 37 heavy (non-hydrogen) atoms. The fraction of sp³-hybridized carbons (Fsp3) is 0.179. The Labute approximate surface area is 221 Å². The summed E-state index contributed by atoms with van der Waals surface area (Å²) in [5.74, 6) is 0.749. The van der Waals surface area contributed by atoms with Crippen molar-refractivity contribution in [3.05, 3.63) is 113 Å². The SMILES string of the molecule is COc1ccc(C=c2sc3n(c2=O)C(c2cccs2)C(C(=O)OCc2ccccc2)=C(C)N=3)c(OC)c1. The molecule has 0 aliphatic carbocycles. The van der Waals surface area contributed by atoms with Gasteiger partial charge in [0.1, 0.15) is 24.1 Å². The molecule has 0 spiro atoms. The minimum atomic E-state index is -0.626. The number of thiazole rings is 1. The number of rotatable bonds is 7. The number of hydrogen-bond acceptors (Lipinski definition) is 8. The summed E-state index contributed by atoms with van der Waals surface area (Å²) in [4.78, 5) is 33.1. The van der Waals surface area contributed by atoms with Crippen LogP contribution in [-0.2, 0) is 16.1 Å². The zero-order valence-corrected chi connectivity index (χ0v) is 22.1. The second-order valence-electron chi connectivity index (χ2n) is 8.27. The maximum atomic E-state index is 13.7. The summed E-state index contributed by atoms with van der Waals surface area (Å²) in [5, 5.41) is 1.93. The summed E-state index contributed by atoms with van der Waals surface area (Å²) in [6, 6.07) is 18.1. The maximum absolute atomic E-state index is 13.7. The standard InChI is InChI=1S/C28H24N2O5S2/c1-17-24(27(32)35-16-18-8-5-4-6-9-18)25(22-10-7-13-36-22)30-26(31)23(37-28(30)29-17)14-19-11-12-20(33-2)15-21(19)34-3/h4-15,25H,16H2,1-3H3. The largest absolute Gasteiger partial charge is 0.497 e. The van der Waals surface area contributed by atoms with Gasteiger partial charge in [0.15, 0.2) is 4.80 Å². The van der Waals surface area contributed by atoms with Gasteiger partial charge in [-0.1, -0.05) is 47.7 Å². The fourth-order valence-corrected chi connectivity index (χ4v) is 6.04. The van der Waals surface area contributed by atoms with Crippen molar-refractivity contribution in [2.24, 2.45) is 4.99 Å². The lowest BCUT2D eigenvalue weighted by Crippen LogP contribution is -2.39. The molecule has 5 rings (SSSR count). The third kappa shape index (κ3) is 4.87. The minimum absolute atomic E-state index is 0.134. The highest BCUT2D eigenvalue weighted by Gasteiger charge is 2.34. The molecule has 0 saturated carbocycles. The molecule has 3 heterocycles. The number of thiophene rings is 1. The first-order valence-corrected chi connectivity index (χ1v) is 13.2. The summed E-state index contributed by atoms with van der Waals surface area (Å²) in [6.45, 7) is 1.92. The molecule has 0 N–H and O–H groups in total. The molecule has 0 fully saturated rings. The third-order valence-corrected chi connectivity index (χ3v) is 7.90. The molecular weight excluding hydrogens is 508 g/mol. The van der Waals surface area contributed by atoms with E-state index >= 15 is 0 Å². The Hall–Kier alpha value is -3.95. The Morgan fingerprint density at radius 3 is 2.59 bits per heavy atom. The van der Waals surface area contributed by atoms with Gasteiger partial charge in [0, 0.05) is 16.5 Å². The molecule has 2 aromatic heterocycles. The lowest BCUT2D eigenvalue weighted by molar-refractivity contribution is -0.140. The van der Waals surface area contributed by atoms with Crippen molar-refractivity contribution in [1.82, 2.24) is 4.57 Å². The highest BCUT2D eigenvalue weighted by molar-refractivity contribution is 7.10. The predicted molar refractivity (Wildman–Crippen MR) is 144 cm³/mol. The molecule has 1 unspecified atom stereocenters. The monoisotopic (exact) mass is 532 g/mol. The van der Waals surface area contributed by atoms with E-state index in [0.717, 1.165) is 16.0 Å². The topological polar surface area (TPSA) is 79.1 Å². The number of nitrogens with zero attached hydrogens (tertiary/aromatic N) is 2. The van der Waals surface area contributed by atoms with Crippen molar-refractivity contribution in [2.75, 3.05) is 14.2 Å². The summed E-state index contributed by atoms with van der Waals surface area (Å²) >= 11 is 2.75. The molecule has 0 saturated heterocycles. The van der Waals surface area contributed by atoms with E-state index in [1.54, 1.807) is 37.9 Å². The molecule has 0 radical (unpaired) electrons. The number of carbonyl (C=O) groups excluding carboxylic acids is 1. The van der Waals surface area contributed by atoms with Crippen LogP contribution in [0.2, 0.25) is 0 Å². The highest BCUT2D eigenvalue weighted by Crippen LogP contribution is 2.33. The van der Waals surface area contributed by atoms with Crippen LogP contribution >= 0.6 is 22.7 Å². The number of aromatic nitrogens is 1. The average Bonchev–Trinajstić information content (AvgIpc) is 3.56. The Kier molecular flexibility index (Phi) is 7.07. The van der Waals surface area contributed by atoms with Gasteiger partial charge in [0.25, 0.3) is 5.56 Å². The predicted octanol–water partition coefficient (Wildman–Crippen LogP) is 4.06. The molecule has 2 aromatic carbocycles. The zero-order chi connectivity index (χ0) is 25.9. The summed E-state index contributed by atoms with van der Waals surface area (Å²) in [5.41, 5.74) is 2.28. The Morgan fingerprint density at radius 2 is 1.89 bits per heavy atom. The van der Waals surface area contributed by atoms with Gasteiger partial charge >= 0.3 is 5.97 Å². The van der Waals surface area contributed by atoms with E-state index in [4.69, 9.17) is 14.2 Å². The van der Waals surface area contributed by atoms with Gasteiger partial charge < -0.3 is 14.2 Å². The van der Waals surface area contributed by atoms with E-state index in [1.165, 1.54) is 22.7 Å². The van der Waals surface area contributed by atoms with E-state index in [1.807, 2.05) is 60.0 Å². The van der Waals surface area contributed by atoms with Crippen LogP contribution < -0.4 is 24.4 Å². The first-order chi connectivity index (χ1) is 18.0. The van der Waals surface area contributed by atoms with Gasteiger partial charge in [0.2, 0.25) is 0 Å². The van der Waals surface area contributed by atoms with E-state index < -0.39 is 12.0 Å². The minimum Gasteiger partial charge on any atom is -0.497 e. The maximum Gasteiger partial charge on any atom is 0.338 e. The molecule has 9 heteroatoms. The second-order valence-corrected chi connectivity index (χ2v) is 10.3. The van der Waals surface area contributed by atoms with Gasteiger partial charge in [-0.3, -0.25) is 9.36 Å². The van der Waals surface area contributed by atoms with Crippen LogP contribution in [0.4, 0.5) is 0 Å². The quantitative estimate of drug-likeness (QED) is 0.336. The molecule has 1 atom stereocenters. The van der Waals surface area contributed by atoms with Crippen molar-refractivity contribution in [1.29, 1.82) is 0 Å². The van der Waals surface area contributed by atoms with Crippen molar-refractivity contribution in [3.8, 4) is 11.5 Å². The molecule has 0 amide bonds. The molecule has 188 valence electrons. The normalized spacial score (nSPS) is 15.2. The smallest absolute Gasteiger partial charge is 0.338 e. The molecular formula is C28H24N2O5S2. The summed E-state index contributed by atoms with van der Waals surface area (Å²) < 4.78 is 18.5. The van der Waals surface area contributed by atoms with Crippen LogP contribution in [0.15, 0.2) is 87.1 Å². The fourth-order valence-electron chi connectivity index (χ4n) is 4.18. The molecule has 0 bridgehead atoms. The third-order valence-electron chi connectivity index (χ3n) is 5.99. The zero-order valence-electron chi connectivity index (χ0n) is 20.5. The summed E-state index contributed by atoms with van der Waals surface area (Å²) in [7, 11) is 3.16. The number of allylic oxidation sites excluding steroid dienone is 1. The number of benzene rings is 2. The molecule has 4 aromatic rings. The highest BCUT2D eigenvalue weighted by atomic mass is 32.1. The average molecular weight is 533 g/mol. The number of ether oxygens (including phenoxy) is 3. The van der Waals surface area contributed by atoms with E-state index in [2.05, 4.69) is 4.99 Å². The van der Waals surface area contributed by atoms with Crippen LogP contribution in [0.1, 0.15) is 29.0 Å². The van der Waals surface area contributed by atoms with Crippen LogP contribution in [0.25, 0.3) is 6.08 Å². The van der Waals surface area contributed by atoms with Crippen LogP contribution in [0, 0.1) is 0 Å². The number of methoxy groups -OCH3 is 2. The molecule has 1 aliphatic rings. The van der Waals surface area contributed by atoms with Gasteiger partial charge in [0.05, 0.1) is 30.0 Å². The van der Waals surface area contributed by atoms with E-state index in [-0.39, 0.29) is 12.2 Å². The van der Waals surface area contributed by atoms with Crippen molar-refractivity contribution >= 4 is 34.7 Å². The van der Waals surface area contributed by atoms with E-state index in [9.17, 15) is 9.59 Å². The van der Waals surface area contributed by atoms with Gasteiger partial charge in [-0.15, -0.1) is 11.3 Å². The van der Waals surface area contributed by atoms with Crippen molar-refractivity contribution in [3.63, 3.8) is 0 Å². The lowest BCUT2D eigenvalue weighted by atomic mass is 10.0. The Balaban J connectivity index is 1.59. The van der Waals surface area contributed by atoms with Gasteiger partial charge in [-0.2, -0.15) is 0 Å². The lowest BCUT2D eigenvalue weighted by Gasteiger charge is -2.23.